The molecule has 2 rings (SSSR count). The number of methoxy groups -OCH3 is 1. The Morgan fingerprint density at radius 2 is 1.91 bits per heavy atom. The molecule has 3 N–H and O–H groups in total. The van der Waals surface area contributed by atoms with Gasteiger partial charge in [-0.3, -0.25) is 20.4 Å². The number of phenols is 1. The zero-order valence-electron chi connectivity index (χ0n) is 12.3. The molecular formula is C16H15ClN2O4. The molecular weight excluding hydrogens is 320 g/mol. The van der Waals surface area contributed by atoms with E-state index in [0.717, 1.165) is 0 Å². The van der Waals surface area contributed by atoms with Crippen molar-refractivity contribution in [3.05, 3.63) is 58.6 Å². The maximum absolute atomic E-state index is 11.9. The summed E-state index contributed by atoms with van der Waals surface area (Å²) in [5, 5.41) is 9.92. The van der Waals surface area contributed by atoms with E-state index in [1.54, 1.807) is 24.3 Å². The first-order chi connectivity index (χ1) is 11.0. The molecule has 0 fully saturated rings. The molecule has 0 atom stereocenters. The second-order valence-electron chi connectivity index (χ2n) is 4.65. The van der Waals surface area contributed by atoms with Gasteiger partial charge in [0, 0.05) is 10.6 Å². The van der Waals surface area contributed by atoms with Crippen LogP contribution in [0.15, 0.2) is 42.5 Å². The monoisotopic (exact) mass is 334 g/mol. The predicted molar refractivity (Wildman–Crippen MR) is 85.4 cm³/mol. The quantitative estimate of drug-likeness (QED) is 0.747. The molecule has 0 unspecified atom stereocenters. The van der Waals surface area contributed by atoms with Gasteiger partial charge in [-0.15, -0.1) is 0 Å². The Hall–Kier alpha value is -2.73. The highest BCUT2D eigenvalue weighted by molar-refractivity contribution is 6.31. The van der Waals surface area contributed by atoms with Gasteiger partial charge in [-0.1, -0.05) is 29.8 Å². The third kappa shape index (κ3) is 4.37. The number of aromatic hydroxyl groups is 1. The standard InChI is InChI=1S/C16H15ClN2O4/c1-23-14-5-3-2-4-10(14)8-15(21)18-19-16(22)12-9-11(17)6-7-13(12)20/h2-7,9,20H,8H2,1H3,(H,18,21)(H,19,22). The fraction of sp³-hybridized carbons (Fsp3) is 0.125. The predicted octanol–water partition coefficient (Wildman–Crippen LogP) is 2.06. The number of halogens is 1. The van der Waals surface area contributed by atoms with Crippen LogP contribution in [0, 0.1) is 0 Å². The van der Waals surface area contributed by atoms with Crippen LogP contribution in [0.3, 0.4) is 0 Å². The number of ether oxygens (including phenoxy) is 1. The van der Waals surface area contributed by atoms with E-state index in [1.165, 1.54) is 25.3 Å². The summed E-state index contributed by atoms with van der Waals surface area (Å²) in [6, 6.07) is 11.1. The number of benzene rings is 2. The smallest absolute Gasteiger partial charge is 0.273 e. The number of amides is 2. The van der Waals surface area contributed by atoms with Gasteiger partial charge in [0.15, 0.2) is 0 Å². The van der Waals surface area contributed by atoms with Crippen LogP contribution in [-0.4, -0.2) is 24.0 Å². The van der Waals surface area contributed by atoms with E-state index in [2.05, 4.69) is 10.9 Å². The second kappa shape index (κ2) is 7.51. The maximum Gasteiger partial charge on any atom is 0.273 e. The van der Waals surface area contributed by atoms with Crippen LogP contribution in [0.5, 0.6) is 11.5 Å². The van der Waals surface area contributed by atoms with Crippen LogP contribution >= 0.6 is 11.6 Å². The first-order valence-electron chi connectivity index (χ1n) is 6.71. The Morgan fingerprint density at radius 1 is 1.17 bits per heavy atom. The molecule has 0 saturated carbocycles. The highest BCUT2D eigenvalue weighted by Crippen LogP contribution is 2.21. The fourth-order valence-electron chi connectivity index (χ4n) is 1.95. The molecule has 0 radical (unpaired) electrons. The lowest BCUT2D eigenvalue weighted by Crippen LogP contribution is -2.42. The molecule has 0 aliphatic carbocycles. The molecule has 0 spiro atoms. The van der Waals surface area contributed by atoms with Gasteiger partial charge in [0.2, 0.25) is 5.91 Å². The van der Waals surface area contributed by atoms with E-state index in [0.29, 0.717) is 16.3 Å². The van der Waals surface area contributed by atoms with Gasteiger partial charge in [0.25, 0.3) is 5.91 Å². The van der Waals surface area contributed by atoms with Crippen LogP contribution in [0.2, 0.25) is 5.02 Å². The molecule has 0 aliphatic rings. The van der Waals surface area contributed by atoms with Crippen LogP contribution in [0.4, 0.5) is 0 Å². The topological polar surface area (TPSA) is 87.7 Å². The van der Waals surface area contributed by atoms with Crippen molar-refractivity contribution in [3.8, 4) is 11.5 Å². The van der Waals surface area contributed by atoms with E-state index in [-0.39, 0.29) is 17.7 Å². The molecule has 6 nitrogen and oxygen atoms in total. The minimum absolute atomic E-state index is 0.0323. The summed E-state index contributed by atoms with van der Waals surface area (Å²) in [5.74, 6) is -0.741. The summed E-state index contributed by atoms with van der Waals surface area (Å²) < 4.78 is 5.15. The molecule has 2 aromatic rings. The van der Waals surface area contributed by atoms with Gasteiger partial charge >= 0.3 is 0 Å². The number of para-hydroxylation sites is 1. The normalized spacial score (nSPS) is 10.0. The minimum atomic E-state index is -0.668. The zero-order chi connectivity index (χ0) is 16.8. The van der Waals surface area contributed by atoms with Crippen molar-refractivity contribution < 1.29 is 19.4 Å². The molecule has 0 bridgehead atoms. The van der Waals surface area contributed by atoms with E-state index >= 15 is 0 Å². The van der Waals surface area contributed by atoms with Crippen molar-refractivity contribution >= 4 is 23.4 Å². The number of rotatable bonds is 4. The summed E-state index contributed by atoms with van der Waals surface area (Å²) in [6.07, 6.45) is 0.0336. The van der Waals surface area contributed by atoms with Gasteiger partial charge in [-0.05, 0) is 24.3 Å². The highest BCUT2D eigenvalue weighted by atomic mass is 35.5. The summed E-state index contributed by atoms with van der Waals surface area (Å²) in [7, 11) is 1.51. The Bertz CT molecular complexity index is 734. The highest BCUT2D eigenvalue weighted by Gasteiger charge is 2.13. The minimum Gasteiger partial charge on any atom is -0.507 e. The van der Waals surface area contributed by atoms with Crippen LogP contribution in [0.1, 0.15) is 15.9 Å². The van der Waals surface area contributed by atoms with Crippen LogP contribution in [0.25, 0.3) is 0 Å². The largest absolute Gasteiger partial charge is 0.507 e. The number of hydrogen-bond donors (Lipinski definition) is 3. The molecule has 0 saturated heterocycles. The summed E-state index contributed by atoms with van der Waals surface area (Å²) in [4.78, 5) is 23.8. The third-order valence-electron chi connectivity index (χ3n) is 3.06. The first-order valence-corrected chi connectivity index (χ1v) is 7.08. The van der Waals surface area contributed by atoms with E-state index in [9.17, 15) is 14.7 Å². The molecule has 2 aromatic carbocycles. The number of hydrogen-bond acceptors (Lipinski definition) is 4. The van der Waals surface area contributed by atoms with Crippen molar-refractivity contribution in [1.29, 1.82) is 0 Å². The van der Waals surface area contributed by atoms with E-state index in [4.69, 9.17) is 16.3 Å². The second-order valence-corrected chi connectivity index (χ2v) is 5.09. The van der Waals surface area contributed by atoms with Gasteiger partial charge in [0.05, 0.1) is 19.1 Å². The average Bonchev–Trinajstić information content (AvgIpc) is 2.55. The maximum atomic E-state index is 11.9. The molecule has 2 amide bonds. The van der Waals surface area contributed by atoms with Crippen LogP contribution < -0.4 is 15.6 Å². The van der Waals surface area contributed by atoms with Gasteiger partial charge in [0.1, 0.15) is 11.5 Å². The average molecular weight is 335 g/mol. The molecule has 0 aromatic heterocycles. The summed E-state index contributed by atoms with van der Waals surface area (Å²) in [5.41, 5.74) is 5.16. The van der Waals surface area contributed by atoms with Crippen molar-refractivity contribution in [2.45, 2.75) is 6.42 Å². The zero-order valence-corrected chi connectivity index (χ0v) is 13.1. The molecule has 0 heterocycles. The Labute approximate surface area is 138 Å². The molecule has 7 heteroatoms. The third-order valence-corrected chi connectivity index (χ3v) is 3.30. The number of phenolic OH excluding ortho intramolecular Hbond substituents is 1. The van der Waals surface area contributed by atoms with E-state index in [1.807, 2.05) is 0 Å². The van der Waals surface area contributed by atoms with Crippen molar-refractivity contribution in [2.24, 2.45) is 0 Å². The van der Waals surface area contributed by atoms with Crippen molar-refractivity contribution in [3.63, 3.8) is 0 Å². The SMILES string of the molecule is COc1ccccc1CC(=O)NNC(=O)c1cc(Cl)ccc1O. The lowest BCUT2D eigenvalue weighted by molar-refractivity contribution is -0.121. The lowest BCUT2D eigenvalue weighted by atomic mass is 10.1. The fourth-order valence-corrected chi connectivity index (χ4v) is 2.12. The molecule has 0 aliphatic heterocycles. The van der Waals surface area contributed by atoms with Crippen molar-refractivity contribution in [1.82, 2.24) is 10.9 Å². The number of carbonyl (C=O) groups excluding carboxylic acids is 2. The molecule has 120 valence electrons. The first kappa shape index (κ1) is 16.6. The Morgan fingerprint density at radius 3 is 2.65 bits per heavy atom. The lowest BCUT2D eigenvalue weighted by Gasteiger charge is -2.10. The van der Waals surface area contributed by atoms with Gasteiger partial charge in [-0.2, -0.15) is 0 Å². The summed E-state index contributed by atoms with van der Waals surface area (Å²) in [6.45, 7) is 0. The van der Waals surface area contributed by atoms with Crippen molar-refractivity contribution in [2.75, 3.05) is 7.11 Å². The number of hydrazine groups is 1. The number of carbonyl (C=O) groups is 2. The van der Waals surface area contributed by atoms with Gasteiger partial charge < -0.3 is 9.84 Å². The van der Waals surface area contributed by atoms with E-state index < -0.39 is 11.8 Å². The number of nitrogens with one attached hydrogen (secondary N) is 2. The van der Waals surface area contributed by atoms with Gasteiger partial charge in [-0.25, -0.2) is 0 Å². The Balaban J connectivity index is 1.96. The molecule has 23 heavy (non-hydrogen) atoms. The summed E-state index contributed by atoms with van der Waals surface area (Å²) >= 11 is 5.77. The van der Waals surface area contributed by atoms with Crippen LogP contribution in [-0.2, 0) is 11.2 Å². The Kier molecular flexibility index (Phi) is 5.43.